The van der Waals surface area contributed by atoms with E-state index in [1.54, 1.807) is 18.6 Å². The molecule has 0 aliphatic rings. The molecule has 5 nitrogen and oxygen atoms in total. The number of pyridine rings is 2. The van der Waals surface area contributed by atoms with Crippen molar-refractivity contribution in [1.29, 1.82) is 0 Å². The number of carbonyl (C=O) groups excluding carboxylic acids is 1. The van der Waals surface area contributed by atoms with Crippen LogP contribution in [0.5, 0.6) is 5.75 Å². The highest BCUT2D eigenvalue weighted by Gasteiger charge is 2.33. The summed E-state index contributed by atoms with van der Waals surface area (Å²) in [6.45, 7) is 8.31. The Balaban J connectivity index is 2.37. The Morgan fingerprint density at radius 2 is 1.93 bits per heavy atom. The van der Waals surface area contributed by atoms with E-state index in [1.165, 1.54) is 0 Å². The minimum absolute atomic E-state index is 0.0946. The van der Waals surface area contributed by atoms with Gasteiger partial charge in [0, 0.05) is 41.4 Å². The van der Waals surface area contributed by atoms with Crippen molar-refractivity contribution >= 4 is 16.8 Å². The molecule has 0 spiro atoms. The van der Waals surface area contributed by atoms with Gasteiger partial charge in [0.2, 0.25) is 5.91 Å². The Bertz CT molecular complexity index is 994. The number of aromatic hydroxyl groups is 1. The molecule has 2 atom stereocenters. The average Bonchev–Trinajstić information content (AvgIpc) is 2.66. The van der Waals surface area contributed by atoms with Crippen molar-refractivity contribution in [3.05, 3.63) is 65.6 Å². The smallest absolute Gasteiger partial charge is 0.221 e. The first-order chi connectivity index (χ1) is 13.3. The zero-order valence-electron chi connectivity index (χ0n) is 16.8. The molecule has 2 unspecified atom stereocenters. The molecule has 0 fully saturated rings. The van der Waals surface area contributed by atoms with Crippen LogP contribution in [0.4, 0.5) is 0 Å². The van der Waals surface area contributed by atoms with Crippen LogP contribution < -0.4 is 5.73 Å². The first-order valence-electron chi connectivity index (χ1n) is 9.56. The highest BCUT2D eigenvalue weighted by atomic mass is 16.3. The first kappa shape index (κ1) is 19.8. The molecule has 3 aromatic rings. The normalized spacial score (nSPS) is 14.0. The number of hydrogen-bond acceptors (Lipinski definition) is 4. The lowest BCUT2D eigenvalue weighted by molar-refractivity contribution is -0.122. The topological polar surface area (TPSA) is 89.1 Å². The fourth-order valence-corrected chi connectivity index (χ4v) is 3.90. The monoisotopic (exact) mass is 377 g/mol. The Morgan fingerprint density at radius 3 is 2.50 bits per heavy atom. The van der Waals surface area contributed by atoms with E-state index in [2.05, 4.69) is 30.7 Å². The van der Waals surface area contributed by atoms with Crippen LogP contribution in [0.3, 0.4) is 0 Å². The maximum Gasteiger partial charge on any atom is 0.221 e. The molecule has 0 bridgehead atoms. The summed E-state index contributed by atoms with van der Waals surface area (Å²) in [5.74, 6) is -1.17. The van der Waals surface area contributed by atoms with E-state index in [9.17, 15) is 9.90 Å². The first-order valence-corrected chi connectivity index (χ1v) is 9.56. The van der Waals surface area contributed by atoms with Gasteiger partial charge in [-0.1, -0.05) is 45.9 Å². The van der Waals surface area contributed by atoms with Crippen LogP contribution in [0.2, 0.25) is 0 Å². The van der Waals surface area contributed by atoms with E-state index < -0.39 is 17.7 Å². The van der Waals surface area contributed by atoms with Crippen LogP contribution >= 0.6 is 0 Å². The summed E-state index contributed by atoms with van der Waals surface area (Å²) in [4.78, 5) is 20.9. The molecule has 146 valence electrons. The third kappa shape index (κ3) is 3.57. The molecule has 1 aromatic carbocycles. The quantitative estimate of drug-likeness (QED) is 0.695. The largest absolute Gasteiger partial charge is 0.505 e. The molecule has 2 aromatic heterocycles. The number of carbonyl (C=O) groups is 1. The number of nitrogens with two attached hydrogens (primary N) is 1. The zero-order chi connectivity index (χ0) is 20.5. The van der Waals surface area contributed by atoms with Gasteiger partial charge in [-0.05, 0) is 35.1 Å². The van der Waals surface area contributed by atoms with Gasteiger partial charge in [0.15, 0.2) is 0 Å². The van der Waals surface area contributed by atoms with Crippen LogP contribution in [0.15, 0.2) is 48.9 Å². The Kier molecular flexibility index (Phi) is 5.36. The lowest BCUT2D eigenvalue weighted by Crippen LogP contribution is -2.29. The molecule has 3 N–H and O–H groups in total. The molecular formula is C23H27N3O2. The van der Waals surface area contributed by atoms with E-state index in [-0.39, 0.29) is 11.2 Å². The van der Waals surface area contributed by atoms with Gasteiger partial charge in [0.25, 0.3) is 0 Å². The molecule has 0 radical (unpaired) electrons. The Morgan fingerprint density at radius 1 is 1.21 bits per heavy atom. The van der Waals surface area contributed by atoms with Crippen molar-refractivity contribution in [1.82, 2.24) is 9.97 Å². The van der Waals surface area contributed by atoms with Crippen LogP contribution in [-0.4, -0.2) is 21.0 Å². The van der Waals surface area contributed by atoms with Gasteiger partial charge in [-0.2, -0.15) is 0 Å². The van der Waals surface area contributed by atoms with Gasteiger partial charge in [0.05, 0.1) is 0 Å². The fourth-order valence-electron chi connectivity index (χ4n) is 3.90. The number of benzene rings is 1. The maximum atomic E-state index is 12.3. The van der Waals surface area contributed by atoms with Gasteiger partial charge in [-0.25, -0.2) is 0 Å². The van der Waals surface area contributed by atoms with E-state index >= 15 is 0 Å². The molecule has 0 saturated carbocycles. The second-order valence-corrected chi connectivity index (χ2v) is 8.19. The molecule has 3 rings (SSSR count). The fraction of sp³-hybridized carbons (Fsp3) is 0.348. The number of amides is 1. The van der Waals surface area contributed by atoms with Crippen molar-refractivity contribution in [2.24, 2.45) is 11.7 Å². The van der Waals surface area contributed by atoms with E-state index in [4.69, 9.17) is 5.73 Å². The summed E-state index contributed by atoms with van der Waals surface area (Å²) in [7, 11) is 0. The maximum absolute atomic E-state index is 12.3. The number of phenolic OH excluding ortho intramolecular Hbond substituents is 1. The predicted octanol–water partition coefficient (Wildman–Crippen LogP) is 4.28. The standard InChI is InChI=1S/C23H27N3O2/c1-5-15(22(24)28)19(14-8-6-10-25-13-14)17-12-18(23(2,3)4)16-9-7-11-26-20(16)21(17)27/h6-13,15,19,27H,5H2,1-4H3,(H2,24,28). The third-order valence-corrected chi connectivity index (χ3v) is 5.29. The van der Waals surface area contributed by atoms with Gasteiger partial charge in [-0.3, -0.25) is 14.8 Å². The SMILES string of the molecule is CCC(C(N)=O)C(c1cccnc1)c1cc(C(C)(C)C)c2cccnc2c1O. The molecule has 1 amide bonds. The zero-order valence-corrected chi connectivity index (χ0v) is 16.8. The highest BCUT2D eigenvalue weighted by Crippen LogP contribution is 2.44. The molecule has 28 heavy (non-hydrogen) atoms. The minimum atomic E-state index is -0.468. The number of rotatable bonds is 5. The second kappa shape index (κ2) is 7.58. The number of fused-ring (bicyclic) bond motifs is 1. The van der Waals surface area contributed by atoms with Gasteiger partial charge in [0.1, 0.15) is 11.3 Å². The Labute approximate surface area is 165 Å². The molecule has 5 heteroatoms. The van der Waals surface area contributed by atoms with Gasteiger partial charge >= 0.3 is 0 Å². The summed E-state index contributed by atoms with van der Waals surface area (Å²) in [5, 5.41) is 12.1. The molecule has 0 saturated heterocycles. The summed E-state index contributed by atoms with van der Waals surface area (Å²) in [6, 6.07) is 9.59. The van der Waals surface area contributed by atoms with Gasteiger partial charge < -0.3 is 10.8 Å². The molecule has 0 aliphatic heterocycles. The van der Waals surface area contributed by atoms with Crippen molar-refractivity contribution in [2.75, 3.05) is 0 Å². The summed E-state index contributed by atoms with van der Waals surface area (Å²) in [6.07, 6.45) is 5.64. The predicted molar refractivity (Wildman–Crippen MR) is 111 cm³/mol. The van der Waals surface area contributed by atoms with Gasteiger partial charge in [-0.15, -0.1) is 0 Å². The summed E-state index contributed by atoms with van der Waals surface area (Å²) in [5.41, 5.74) is 8.70. The van der Waals surface area contributed by atoms with Crippen molar-refractivity contribution in [2.45, 2.75) is 45.4 Å². The third-order valence-electron chi connectivity index (χ3n) is 5.29. The summed E-state index contributed by atoms with van der Waals surface area (Å²) >= 11 is 0. The second-order valence-electron chi connectivity index (χ2n) is 8.19. The number of hydrogen-bond donors (Lipinski definition) is 2. The minimum Gasteiger partial charge on any atom is -0.505 e. The molecule has 0 aliphatic carbocycles. The molecule has 2 heterocycles. The average molecular weight is 377 g/mol. The van der Waals surface area contributed by atoms with Crippen molar-refractivity contribution < 1.29 is 9.90 Å². The van der Waals surface area contributed by atoms with E-state index in [0.29, 0.717) is 17.5 Å². The summed E-state index contributed by atoms with van der Waals surface area (Å²) < 4.78 is 0. The highest BCUT2D eigenvalue weighted by molar-refractivity contribution is 5.90. The number of aromatic nitrogens is 2. The van der Waals surface area contributed by atoms with Crippen LogP contribution in [0.25, 0.3) is 10.9 Å². The van der Waals surface area contributed by atoms with Crippen molar-refractivity contribution in [3.8, 4) is 5.75 Å². The van der Waals surface area contributed by atoms with Crippen LogP contribution in [0, 0.1) is 5.92 Å². The van der Waals surface area contributed by atoms with E-state index in [0.717, 1.165) is 16.5 Å². The van der Waals surface area contributed by atoms with Crippen molar-refractivity contribution in [3.63, 3.8) is 0 Å². The van der Waals surface area contributed by atoms with Crippen LogP contribution in [-0.2, 0) is 10.2 Å². The van der Waals surface area contributed by atoms with Crippen LogP contribution in [0.1, 0.15) is 56.7 Å². The number of primary amides is 1. The number of nitrogens with zero attached hydrogens (tertiary/aromatic N) is 2. The number of phenols is 1. The van der Waals surface area contributed by atoms with E-state index in [1.807, 2.05) is 37.3 Å². The lowest BCUT2D eigenvalue weighted by atomic mass is 9.75. The molecular weight excluding hydrogens is 350 g/mol. The Hall–Kier alpha value is -2.95. The lowest BCUT2D eigenvalue weighted by Gasteiger charge is -2.29.